The third kappa shape index (κ3) is 8.63. The molecule has 2 fully saturated rings. The molecule has 2 saturated carbocycles. The van der Waals surface area contributed by atoms with E-state index < -0.39 is 24.1 Å². The number of nitrogens with one attached hydrogen (secondary N) is 2. The van der Waals surface area contributed by atoms with Crippen LogP contribution in [0.5, 0.6) is 0 Å². The van der Waals surface area contributed by atoms with Gasteiger partial charge in [0.15, 0.2) is 5.78 Å². The zero-order valence-electron chi connectivity index (χ0n) is 17.6. The van der Waals surface area contributed by atoms with Crippen molar-refractivity contribution in [2.24, 2.45) is 11.7 Å². The van der Waals surface area contributed by atoms with Gasteiger partial charge in [-0.25, -0.2) is 4.79 Å². The molecule has 0 saturated heterocycles. The van der Waals surface area contributed by atoms with E-state index in [0.717, 1.165) is 38.5 Å². The number of nitrogens with two attached hydrogens (primary N) is 1. The van der Waals surface area contributed by atoms with Crippen LogP contribution in [0.2, 0.25) is 0 Å². The summed E-state index contributed by atoms with van der Waals surface area (Å²) in [6.07, 6.45) is 9.07. The second-order valence-electron chi connectivity index (χ2n) is 8.40. The lowest BCUT2D eigenvalue weighted by atomic mass is 9.97. The van der Waals surface area contributed by atoms with Crippen LogP contribution in [0, 0.1) is 5.92 Å². The second-order valence-corrected chi connectivity index (χ2v) is 8.76. The molecule has 2 atom stereocenters. The van der Waals surface area contributed by atoms with Crippen molar-refractivity contribution in [2.75, 3.05) is 12.3 Å². The van der Waals surface area contributed by atoms with E-state index in [1.807, 2.05) is 0 Å². The van der Waals surface area contributed by atoms with E-state index in [9.17, 15) is 19.2 Å². The number of carbonyl (C=O) groups excluding carboxylic acids is 4. The highest BCUT2D eigenvalue weighted by atomic mass is 32.1. The van der Waals surface area contributed by atoms with Crippen molar-refractivity contribution in [3.63, 3.8) is 0 Å². The van der Waals surface area contributed by atoms with Gasteiger partial charge in [-0.05, 0) is 31.6 Å². The average molecular weight is 442 g/mol. The summed E-state index contributed by atoms with van der Waals surface area (Å²) < 4.78 is 5.31. The first-order valence-corrected chi connectivity index (χ1v) is 11.7. The normalized spacial score (nSPS) is 19.3. The van der Waals surface area contributed by atoms with E-state index in [1.54, 1.807) is 0 Å². The van der Waals surface area contributed by atoms with Crippen LogP contribution in [0.1, 0.15) is 70.6 Å². The molecule has 30 heavy (non-hydrogen) atoms. The van der Waals surface area contributed by atoms with Crippen LogP contribution >= 0.6 is 12.6 Å². The van der Waals surface area contributed by atoms with Crippen LogP contribution in [0.4, 0.5) is 4.79 Å². The number of thiol groups is 1. The largest absolute Gasteiger partial charge is 0.461 e. The summed E-state index contributed by atoms with van der Waals surface area (Å²) in [4.78, 5) is 48.4. The maximum Gasteiger partial charge on any atom is 0.325 e. The molecule has 170 valence electrons. The number of hydrogen-bond donors (Lipinski definition) is 4. The van der Waals surface area contributed by atoms with Gasteiger partial charge < -0.3 is 21.1 Å². The van der Waals surface area contributed by atoms with Gasteiger partial charge in [-0.2, -0.15) is 12.6 Å². The number of Topliss-reactive ketones (excluding diaryl/α,β-unsaturated/α-hetero) is 2. The van der Waals surface area contributed by atoms with Crippen molar-refractivity contribution in [1.29, 1.82) is 0 Å². The number of ether oxygens (including phenoxy) is 1. The summed E-state index contributed by atoms with van der Waals surface area (Å²) >= 11 is 4.13. The number of rotatable bonds is 12. The van der Waals surface area contributed by atoms with Gasteiger partial charge in [-0.15, -0.1) is 0 Å². The molecule has 2 amide bonds. The van der Waals surface area contributed by atoms with Crippen molar-refractivity contribution in [3.8, 4) is 0 Å². The molecule has 8 nitrogen and oxygen atoms in total. The Hall–Kier alpha value is -1.61. The molecule has 0 spiro atoms. The highest BCUT2D eigenvalue weighted by molar-refractivity contribution is 7.80. The molecule has 2 aliphatic carbocycles. The van der Waals surface area contributed by atoms with Crippen LogP contribution in [0.3, 0.4) is 0 Å². The SMILES string of the molecule is N[C@@H](CNC(=O)N[C@@H](CS)C(=O)CCC(=O)CC1CCCC1)C(=O)OC1CCCC1. The fraction of sp³-hybridized carbons (Fsp3) is 0.810. The van der Waals surface area contributed by atoms with E-state index in [0.29, 0.717) is 12.3 Å². The molecular formula is C21H35N3O5S. The van der Waals surface area contributed by atoms with Crippen LogP contribution in [0.25, 0.3) is 0 Å². The van der Waals surface area contributed by atoms with Gasteiger partial charge >= 0.3 is 12.0 Å². The van der Waals surface area contributed by atoms with Crippen molar-refractivity contribution in [2.45, 2.75) is 88.8 Å². The van der Waals surface area contributed by atoms with E-state index in [2.05, 4.69) is 23.3 Å². The minimum Gasteiger partial charge on any atom is -0.461 e. The van der Waals surface area contributed by atoms with E-state index in [4.69, 9.17) is 10.5 Å². The first kappa shape index (κ1) is 24.7. The molecule has 0 aromatic heterocycles. The second kappa shape index (κ2) is 12.9. The molecule has 2 rings (SSSR count). The van der Waals surface area contributed by atoms with Crippen molar-refractivity contribution >= 4 is 36.2 Å². The van der Waals surface area contributed by atoms with Crippen LogP contribution in [0.15, 0.2) is 0 Å². The third-order valence-corrected chi connectivity index (χ3v) is 6.25. The van der Waals surface area contributed by atoms with Gasteiger partial charge in [0.2, 0.25) is 0 Å². The Morgan fingerprint density at radius 3 is 2.27 bits per heavy atom. The highest BCUT2D eigenvalue weighted by Gasteiger charge is 2.25. The number of hydrogen-bond acceptors (Lipinski definition) is 7. The Bertz CT molecular complexity index is 603. The fourth-order valence-electron chi connectivity index (χ4n) is 4.06. The summed E-state index contributed by atoms with van der Waals surface area (Å²) in [6.45, 7) is -0.0925. The third-order valence-electron chi connectivity index (χ3n) is 5.89. The van der Waals surface area contributed by atoms with Crippen molar-refractivity contribution in [3.05, 3.63) is 0 Å². The lowest BCUT2D eigenvalue weighted by Gasteiger charge is -2.18. The lowest BCUT2D eigenvalue weighted by Crippen LogP contribution is -2.51. The first-order valence-electron chi connectivity index (χ1n) is 11.0. The van der Waals surface area contributed by atoms with Crippen LogP contribution in [-0.4, -0.2) is 54.1 Å². The van der Waals surface area contributed by atoms with Gasteiger partial charge in [-0.3, -0.25) is 14.4 Å². The highest BCUT2D eigenvalue weighted by Crippen LogP contribution is 2.28. The van der Waals surface area contributed by atoms with Gasteiger partial charge in [0.25, 0.3) is 0 Å². The molecule has 0 unspecified atom stereocenters. The average Bonchev–Trinajstić information content (AvgIpc) is 3.42. The molecule has 0 aromatic rings. The molecule has 0 heterocycles. The molecule has 9 heteroatoms. The zero-order valence-corrected chi connectivity index (χ0v) is 18.5. The number of esters is 1. The van der Waals surface area contributed by atoms with E-state index in [1.165, 1.54) is 12.8 Å². The maximum absolute atomic E-state index is 12.3. The number of urea groups is 1. The topological polar surface area (TPSA) is 128 Å². The minimum atomic E-state index is -0.963. The summed E-state index contributed by atoms with van der Waals surface area (Å²) in [5.74, 6) is -0.0838. The summed E-state index contributed by atoms with van der Waals surface area (Å²) in [5, 5.41) is 5.03. The quantitative estimate of drug-likeness (QED) is 0.271. The van der Waals surface area contributed by atoms with Crippen molar-refractivity contribution < 1.29 is 23.9 Å². The predicted molar refractivity (Wildman–Crippen MR) is 116 cm³/mol. The van der Waals surface area contributed by atoms with E-state index in [-0.39, 0.29) is 42.8 Å². The summed E-state index contributed by atoms with van der Waals surface area (Å²) in [5.41, 5.74) is 5.78. The van der Waals surface area contributed by atoms with Crippen LogP contribution < -0.4 is 16.4 Å². The van der Waals surface area contributed by atoms with Gasteiger partial charge in [0.05, 0.1) is 6.04 Å². The van der Waals surface area contributed by atoms with E-state index >= 15 is 0 Å². The Morgan fingerprint density at radius 1 is 1.00 bits per heavy atom. The Balaban J connectivity index is 1.65. The standard InChI is InChI=1S/C21H35N3O5S/c22-17(20(27)29-16-7-3-4-8-16)12-23-21(28)24-18(13-30)19(26)10-9-15(25)11-14-5-1-2-6-14/h14,16-18,30H,1-13,22H2,(H2,23,24,28)/t17-,18-/m0/s1. The number of ketones is 2. The Kier molecular flexibility index (Phi) is 10.6. The predicted octanol–water partition coefficient (Wildman–Crippen LogP) is 1.90. The Labute approximate surface area is 183 Å². The molecular weight excluding hydrogens is 406 g/mol. The van der Waals surface area contributed by atoms with Crippen LogP contribution in [-0.2, 0) is 19.1 Å². The fourth-order valence-corrected chi connectivity index (χ4v) is 4.35. The molecule has 0 bridgehead atoms. The number of amides is 2. The summed E-state index contributed by atoms with van der Waals surface area (Å²) in [7, 11) is 0. The molecule has 0 aliphatic heterocycles. The molecule has 4 N–H and O–H groups in total. The smallest absolute Gasteiger partial charge is 0.325 e. The minimum absolute atomic E-state index is 0.0834. The Morgan fingerprint density at radius 2 is 1.63 bits per heavy atom. The maximum atomic E-state index is 12.3. The molecule has 2 aliphatic rings. The molecule has 0 aromatic carbocycles. The first-order chi connectivity index (χ1) is 14.4. The number of carbonyl (C=O) groups is 4. The lowest BCUT2D eigenvalue weighted by molar-refractivity contribution is -0.150. The monoisotopic (exact) mass is 441 g/mol. The molecule has 0 radical (unpaired) electrons. The van der Waals surface area contributed by atoms with Gasteiger partial charge in [0, 0.05) is 31.6 Å². The van der Waals surface area contributed by atoms with Crippen molar-refractivity contribution in [1.82, 2.24) is 10.6 Å². The van der Waals surface area contributed by atoms with Gasteiger partial charge in [-0.1, -0.05) is 25.7 Å². The zero-order chi connectivity index (χ0) is 21.9. The summed E-state index contributed by atoms with van der Waals surface area (Å²) in [6, 6.07) is -2.37. The van der Waals surface area contributed by atoms with Gasteiger partial charge in [0.1, 0.15) is 17.9 Å².